The lowest BCUT2D eigenvalue weighted by atomic mass is 9.99. The number of carbonyl (C=O) groups excluding carboxylic acids is 1. The maximum atomic E-state index is 11.7. The Morgan fingerprint density at radius 3 is 3.00 bits per heavy atom. The van der Waals surface area contributed by atoms with Gasteiger partial charge in [-0.05, 0) is 6.07 Å². The molecule has 0 saturated heterocycles. The summed E-state index contributed by atoms with van der Waals surface area (Å²) in [5.41, 5.74) is 1.12. The molecular weight excluding hydrogens is 202 g/mol. The minimum absolute atomic E-state index is 0.164. The van der Waals surface area contributed by atoms with Crippen LogP contribution in [0.5, 0.6) is 5.75 Å². The number of carbonyl (C=O) groups is 1. The van der Waals surface area contributed by atoms with Crippen LogP contribution in [0.15, 0.2) is 24.3 Å². The van der Waals surface area contributed by atoms with E-state index in [1.165, 1.54) is 0 Å². The number of para-hydroxylation sites is 1. The first-order valence-corrected chi connectivity index (χ1v) is 5.71. The van der Waals surface area contributed by atoms with Crippen molar-refractivity contribution in [3.63, 3.8) is 0 Å². The minimum Gasteiger partial charge on any atom is -0.493 e. The molecule has 0 aliphatic carbocycles. The van der Waals surface area contributed by atoms with Crippen LogP contribution in [0.4, 0.5) is 0 Å². The highest BCUT2D eigenvalue weighted by Gasteiger charge is 2.26. The number of nitrogens with zero attached hydrogens (tertiary/aromatic N) is 1. The van der Waals surface area contributed by atoms with Crippen LogP contribution in [0.25, 0.3) is 0 Å². The molecule has 1 unspecified atom stereocenters. The van der Waals surface area contributed by atoms with Crippen LogP contribution in [-0.4, -0.2) is 24.5 Å². The van der Waals surface area contributed by atoms with Gasteiger partial charge in [-0.1, -0.05) is 25.1 Å². The maximum absolute atomic E-state index is 11.7. The van der Waals surface area contributed by atoms with E-state index in [2.05, 4.69) is 0 Å². The lowest BCUT2D eigenvalue weighted by molar-refractivity contribution is -0.132. The summed E-state index contributed by atoms with van der Waals surface area (Å²) in [4.78, 5) is 13.5. The van der Waals surface area contributed by atoms with Crippen molar-refractivity contribution in [1.82, 2.24) is 4.90 Å². The number of benzene rings is 1. The van der Waals surface area contributed by atoms with Gasteiger partial charge in [0.05, 0.1) is 12.6 Å². The van der Waals surface area contributed by atoms with Gasteiger partial charge in [-0.15, -0.1) is 0 Å². The van der Waals surface area contributed by atoms with Crippen molar-refractivity contribution >= 4 is 5.91 Å². The van der Waals surface area contributed by atoms with Gasteiger partial charge in [-0.2, -0.15) is 0 Å². The van der Waals surface area contributed by atoms with Gasteiger partial charge >= 0.3 is 0 Å². The number of fused-ring (bicyclic) bond motifs is 1. The van der Waals surface area contributed by atoms with Gasteiger partial charge in [0.1, 0.15) is 5.75 Å². The lowest BCUT2D eigenvalue weighted by Crippen LogP contribution is -2.33. The van der Waals surface area contributed by atoms with Crippen molar-refractivity contribution in [2.45, 2.75) is 25.8 Å². The molecule has 0 fully saturated rings. The maximum Gasteiger partial charge on any atom is 0.222 e. The largest absolute Gasteiger partial charge is 0.493 e. The summed E-state index contributed by atoms with van der Waals surface area (Å²) in [5.74, 6) is 1.09. The molecule has 86 valence electrons. The summed E-state index contributed by atoms with van der Waals surface area (Å²) in [6.07, 6.45) is 1.43. The first kappa shape index (κ1) is 11.0. The van der Waals surface area contributed by atoms with E-state index in [-0.39, 0.29) is 11.9 Å². The third-order valence-corrected chi connectivity index (χ3v) is 3.09. The summed E-state index contributed by atoms with van der Waals surface area (Å²) in [5, 5.41) is 0. The highest BCUT2D eigenvalue weighted by atomic mass is 16.5. The molecule has 0 spiro atoms. The molecule has 0 N–H and O–H groups in total. The van der Waals surface area contributed by atoms with Crippen LogP contribution >= 0.6 is 0 Å². The molecule has 3 heteroatoms. The Bertz CT molecular complexity index is 389. The second kappa shape index (κ2) is 4.56. The van der Waals surface area contributed by atoms with E-state index >= 15 is 0 Å². The Morgan fingerprint density at radius 2 is 2.25 bits per heavy atom. The topological polar surface area (TPSA) is 29.5 Å². The predicted molar refractivity (Wildman–Crippen MR) is 62.4 cm³/mol. The fraction of sp³-hybridized carbons (Fsp3) is 0.462. The summed E-state index contributed by atoms with van der Waals surface area (Å²) < 4.78 is 5.58. The molecule has 1 aromatic rings. The zero-order valence-corrected chi connectivity index (χ0v) is 9.77. The quantitative estimate of drug-likeness (QED) is 0.764. The van der Waals surface area contributed by atoms with Gasteiger partial charge < -0.3 is 9.64 Å². The molecule has 0 bridgehead atoms. The Hall–Kier alpha value is -1.51. The summed E-state index contributed by atoms with van der Waals surface area (Å²) >= 11 is 0. The Morgan fingerprint density at radius 1 is 1.50 bits per heavy atom. The molecule has 16 heavy (non-hydrogen) atoms. The van der Waals surface area contributed by atoms with Crippen LogP contribution in [-0.2, 0) is 4.79 Å². The van der Waals surface area contributed by atoms with Crippen molar-refractivity contribution < 1.29 is 9.53 Å². The molecule has 1 atom stereocenters. The summed E-state index contributed by atoms with van der Waals surface area (Å²) in [6, 6.07) is 8.12. The molecule has 0 radical (unpaired) electrons. The van der Waals surface area contributed by atoms with E-state index in [9.17, 15) is 4.79 Å². The van der Waals surface area contributed by atoms with Crippen molar-refractivity contribution in [3.05, 3.63) is 29.8 Å². The third kappa shape index (κ3) is 1.90. The smallest absolute Gasteiger partial charge is 0.222 e. The van der Waals surface area contributed by atoms with E-state index in [4.69, 9.17) is 4.74 Å². The predicted octanol–water partition coefficient (Wildman–Crippen LogP) is 2.38. The second-order valence-corrected chi connectivity index (χ2v) is 4.05. The molecule has 2 rings (SSSR count). The average Bonchev–Trinajstić information content (AvgIpc) is 2.36. The van der Waals surface area contributed by atoms with Crippen LogP contribution in [0.3, 0.4) is 0 Å². The fourth-order valence-electron chi connectivity index (χ4n) is 2.15. The minimum atomic E-state index is 0.164. The van der Waals surface area contributed by atoms with E-state index in [1.54, 1.807) is 0 Å². The van der Waals surface area contributed by atoms with Crippen molar-refractivity contribution in [1.29, 1.82) is 0 Å². The summed E-state index contributed by atoms with van der Waals surface area (Å²) in [7, 11) is 1.87. The zero-order valence-electron chi connectivity index (χ0n) is 9.77. The second-order valence-electron chi connectivity index (χ2n) is 4.05. The number of ether oxygens (including phenoxy) is 1. The molecule has 0 aromatic heterocycles. The molecule has 0 saturated carbocycles. The highest BCUT2D eigenvalue weighted by molar-refractivity contribution is 5.76. The Labute approximate surface area is 96.0 Å². The standard InChI is InChI=1S/C13H17NO2/c1-3-13(15)14(2)11-8-9-16-12-7-5-4-6-10(11)12/h4-7,11H,3,8-9H2,1-2H3. The van der Waals surface area contributed by atoms with Crippen LogP contribution in [0.1, 0.15) is 31.4 Å². The first-order valence-electron chi connectivity index (χ1n) is 5.71. The van der Waals surface area contributed by atoms with Gasteiger partial charge in [0.2, 0.25) is 5.91 Å². The summed E-state index contributed by atoms with van der Waals surface area (Å²) in [6.45, 7) is 2.58. The fourth-order valence-corrected chi connectivity index (χ4v) is 2.15. The molecule has 1 heterocycles. The number of rotatable bonds is 2. The van der Waals surface area contributed by atoms with Crippen molar-refractivity contribution in [3.8, 4) is 5.75 Å². The van der Waals surface area contributed by atoms with Gasteiger partial charge in [-0.3, -0.25) is 4.79 Å². The van der Waals surface area contributed by atoms with Crippen LogP contribution in [0.2, 0.25) is 0 Å². The first-order chi connectivity index (χ1) is 7.74. The molecule has 3 nitrogen and oxygen atoms in total. The zero-order chi connectivity index (χ0) is 11.5. The number of hydrogen-bond acceptors (Lipinski definition) is 2. The molecule has 1 aromatic carbocycles. The molecule has 1 aliphatic heterocycles. The molecule has 1 aliphatic rings. The number of hydrogen-bond donors (Lipinski definition) is 0. The van der Waals surface area contributed by atoms with Gasteiger partial charge in [0, 0.05) is 25.5 Å². The van der Waals surface area contributed by atoms with E-state index in [0.29, 0.717) is 13.0 Å². The Balaban J connectivity index is 2.28. The van der Waals surface area contributed by atoms with Gasteiger partial charge in [0.15, 0.2) is 0 Å². The number of amides is 1. The lowest BCUT2D eigenvalue weighted by Gasteiger charge is -2.33. The average molecular weight is 219 g/mol. The van der Waals surface area contributed by atoms with Crippen LogP contribution in [0, 0.1) is 0 Å². The monoisotopic (exact) mass is 219 g/mol. The van der Waals surface area contributed by atoms with Crippen LogP contribution < -0.4 is 4.74 Å². The van der Waals surface area contributed by atoms with Gasteiger partial charge in [0.25, 0.3) is 0 Å². The third-order valence-electron chi connectivity index (χ3n) is 3.09. The molecular formula is C13H17NO2. The normalized spacial score (nSPS) is 18.5. The van der Waals surface area contributed by atoms with Crippen molar-refractivity contribution in [2.75, 3.05) is 13.7 Å². The van der Waals surface area contributed by atoms with Gasteiger partial charge in [-0.25, -0.2) is 0 Å². The Kier molecular flexibility index (Phi) is 3.13. The van der Waals surface area contributed by atoms with Crippen molar-refractivity contribution in [2.24, 2.45) is 0 Å². The SMILES string of the molecule is CCC(=O)N(C)C1CCOc2ccccc21. The van der Waals surface area contributed by atoms with E-state index in [0.717, 1.165) is 17.7 Å². The molecule has 1 amide bonds. The highest BCUT2D eigenvalue weighted by Crippen LogP contribution is 2.35. The van der Waals surface area contributed by atoms with E-state index in [1.807, 2.05) is 43.1 Å². The van der Waals surface area contributed by atoms with E-state index < -0.39 is 0 Å².